The summed E-state index contributed by atoms with van der Waals surface area (Å²) >= 11 is 0. The Morgan fingerprint density at radius 3 is 2.24 bits per heavy atom. The fourth-order valence-corrected chi connectivity index (χ4v) is 3.07. The van der Waals surface area contributed by atoms with E-state index in [1.165, 1.54) is 64.2 Å². The lowest BCUT2D eigenvalue weighted by Crippen LogP contribution is -2.34. The van der Waals surface area contributed by atoms with Crippen LogP contribution in [0.4, 0.5) is 0 Å². The van der Waals surface area contributed by atoms with Crippen molar-refractivity contribution in [3.05, 3.63) is 0 Å². The quantitative estimate of drug-likeness (QED) is 0.629. The minimum Gasteiger partial charge on any atom is -0.327 e. The van der Waals surface area contributed by atoms with E-state index in [1.54, 1.807) is 0 Å². The molecule has 2 N–H and O–H groups in total. The topological polar surface area (TPSA) is 26.0 Å². The maximum atomic E-state index is 6.35. The molecule has 1 aliphatic carbocycles. The van der Waals surface area contributed by atoms with E-state index < -0.39 is 0 Å². The Bertz CT molecular complexity index is 188. The molecule has 0 radical (unpaired) electrons. The minimum atomic E-state index is 0.479. The van der Waals surface area contributed by atoms with Gasteiger partial charge in [-0.2, -0.15) is 0 Å². The molecule has 0 heterocycles. The van der Waals surface area contributed by atoms with Crippen molar-refractivity contribution in [2.45, 2.75) is 91.0 Å². The SMILES string of the molecule is CCCCCCCC(N)C1CCC(C)(C)CC1. The molecule has 1 fully saturated rings. The van der Waals surface area contributed by atoms with E-state index in [2.05, 4.69) is 20.8 Å². The maximum Gasteiger partial charge on any atom is 0.00671 e. The van der Waals surface area contributed by atoms with Crippen LogP contribution in [0.25, 0.3) is 0 Å². The molecule has 0 aromatic carbocycles. The number of hydrogen-bond acceptors (Lipinski definition) is 1. The molecule has 1 aliphatic rings. The summed E-state index contributed by atoms with van der Waals surface area (Å²) in [7, 11) is 0. The summed E-state index contributed by atoms with van der Waals surface area (Å²) < 4.78 is 0. The predicted molar refractivity (Wildman–Crippen MR) is 77.1 cm³/mol. The molecule has 0 spiro atoms. The first-order valence-corrected chi connectivity index (χ1v) is 7.81. The van der Waals surface area contributed by atoms with E-state index in [1.807, 2.05) is 0 Å². The highest BCUT2D eigenvalue weighted by atomic mass is 14.7. The molecule has 0 bridgehead atoms. The molecule has 0 aliphatic heterocycles. The van der Waals surface area contributed by atoms with Gasteiger partial charge in [-0.25, -0.2) is 0 Å². The first-order valence-electron chi connectivity index (χ1n) is 7.81. The van der Waals surface area contributed by atoms with Crippen LogP contribution in [0.3, 0.4) is 0 Å². The van der Waals surface area contributed by atoms with Crippen LogP contribution in [0.2, 0.25) is 0 Å². The van der Waals surface area contributed by atoms with Gasteiger partial charge in [0.2, 0.25) is 0 Å². The number of hydrogen-bond donors (Lipinski definition) is 1. The van der Waals surface area contributed by atoms with Gasteiger partial charge < -0.3 is 5.73 Å². The molecule has 0 amide bonds. The number of nitrogens with two attached hydrogens (primary N) is 1. The van der Waals surface area contributed by atoms with Gasteiger partial charge in [0, 0.05) is 6.04 Å². The second-order valence-corrected chi connectivity index (χ2v) is 6.87. The van der Waals surface area contributed by atoms with Crippen LogP contribution < -0.4 is 5.73 Å². The van der Waals surface area contributed by atoms with E-state index in [-0.39, 0.29) is 0 Å². The van der Waals surface area contributed by atoms with Crippen LogP contribution in [0.1, 0.15) is 85.0 Å². The van der Waals surface area contributed by atoms with Gasteiger partial charge in [-0.15, -0.1) is 0 Å². The standard InChI is InChI=1S/C16H33N/c1-4-5-6-7-8-9-15(17)14-10-12-16(2,3)13-11-14/h14-15H,4-13,17H2,1-3H3. The lowest BCUT2D eigenvalue weighted by molar-refractivity contribution is 0.169. The molecule has 0 saturated heterocycles. The predicted octanol–water partition coefficient (Wildman–Crippen LogP) is 4.89. The monoisotopic (exact) mass is 239 g/mol. The van der Waals surface area contributed by atoms with Gasteiger partial charge in [0.05, 0.1) is 0 Å². The van der Waals surface area contributed by atoms with Crippen LogP contribution in [0.15, 0.2) is 0 Å². The fourth-order valence-electron chi connectivity index (χ4n) is 3.07. The molecule has 1 atom stereocenters. The normalized spacial score (nSPS) is 22.6. The highest BCUT2D eigenvalue weighted by Gasteiger charge is 2.29. The summed E-state index contributed by atoms with van der Waals surface area (Å²) in [4.78, 5) is 0. The van der Waals surface area contributed by atoms with Crippen LogP contribution in [0.5, 0.6) is 0 Å². The fraction of sp³-hybridized carbons (Fsp3) is 1.00. The second-order valence-electron chi connectivity index (χ2n) is 6.87. The lowest BCUT2D eigenvalue weighted by atomic mass is 9.70. The van der Waals surface area contributed by atoms with Gasteiger partial charge in [0.25, 0.3) is 0 Å². The summed E-state index contributed by atoms with van der Waals surface area (Å²) in [5.41, 5.74) is 6.93. The van der Waals surface area contributed by atoms with Crippen molar-refractivity contribution in [1.82, 2.24) is 0 Å². The highest BCUT2D eigenvalue weighted by molar-refractivity contribution is 4.83. The van der Waals surface area contributed by atoms with Crippen molar-refractivity contribution in [3.8, 4) is 0 Å². The van der Waals surface area contributed by atoms with E-state index in [0.29, 0.717) is 11.5 Å². The van der Waals surface area contributed by atoms with Crippen LogP contribution >= 0.6 is 0 Å². The average Bonchev–Trinajstić information content (AvgIpc) is 2.28. The third-order valence-corrected chi connectivity index (χ3v) is 4.63. The molecule has 1 saturated carbocycles. The molecule has 17 heavy (non-hydrogen) atoms. The van der Waals surface area contributed by atoms with Crippen LogP contribution in [-0.4, -0.2) is 6.04 Å². The third kappa shape index (κ3) is 5.90. The largest absolute Gasteiger partial charge is 0.327 e. The second kappa shape index (κ2) is 7.41. The summed E-state index contributed by atoms with van der Waals surface area (Å²) in [5, 5.41) is 0. The smallest absolute Gasteiger partial charge is 0.00671 e. The Hall–Kier alpha value is -0.0400. The maximum absolute atomic E-state index is 6.35. The number of rotatable bonds is 7. The van der Waals surface area contributed by atoms with E-state index >= 15 is 0 Å². The highest BCUT2D eigenvalue weighted by Crippen LogP contribution is 2.39. The van der Waals surface area contributed by atoms with E-state index in [0.717, 1.165) is 5.92 Å². The van der Waals surface area contributed by atoms with Gasteiger partial charge in [-0.1, -0.05) is 52.9 Å². The van der Waals surface area contributed by atoms with Crippen molar-refractivity contribution < 1.29 is 0 Å². The Kier molecular flexibility index (Phi) is 6.54. The lowest BCUT2D eigenvalue weighted by Gasteiger charge is -2.36. The summed E-state index contributed by atoms with van der Waals surface area (Å²) in [6.45, 7) is 7.08. The molecule has 0 aromatic heterocycles. The molecular weight excluding hydrogens is 206 g/mol. The Morgan fingerprint density at radius 2 is 1.65 bits per heavy atom. The molecule has 1 nitrogen and oxygen atoms in total. The zero-order valence-electron chi connectivity index (χ0n) is 12.3. The van der Waals surface area contributed by atoms with Crippen LogP contribution in [-0.2, 0) is 0 Å². The Labute approximate surface area is 109 Å². The third-order valence-electron chi connectivity index (χ3n) is 4.63. The molecule has 102 valence electrons. The van der Waals surface area contributed by atoms with Crippen molar-refractivity contribution in [2.75, 3.05) is 0 Å². The molecule has 1 unspecified atom stereocenters. The first kappa shape index (κ1) is 15.0. The number of unbranched alkanes of at least 4 members (excludes halogenated alkanes) is 4. The summed E-state index contributed by atoms with van der Waals surface area (Å²) in [6, 6.07) is 0.479. The van der Waals surface area contributed by atoms with Gasteiger partial charge in [-0.05, 0) is 43.4 Å². The van der Waals surface area contributed by atoms with Gasteiger partial charge in [0.1, 0.15) is 0 Å². The van der Waals surface area contributed by atoms with E-state index in [9.17, 15) is 0 Å². The van der Waals surface area contributed by atoms with Crippen molar-refractivity contribution in [2.24, 2.45) is 17.1 Å². The molecule has 1 rings (SSSR count). The van der Waals surface area contributed by atoms with Crippen molar-refractivity contribution in [3.63, 3.8) is 0 Å². The minimum absolute atomic E-state index is 0.479. The molecule has 1 heteroatoms. The zero-order chi connectivity index (χ0) is 12.7. The van der Waals surface area contributed by atoms with Gasteiger partial charge in [-0.3, -0.25) is 0 Å². The summed E-state index contributed by atoms with van der Waals surface area (Å²) in [5.74, 6) is 0.814. The molecular formula is C16H33N. The van der Waals surface area contributed by atoms with Gasteiger partial charge in [0.15, 0.2) is 0 Å². The molecule has 0 aromatic rings. The first-order chi connectivity index (χ1) is 8.05. The van der Waals surface area contributed by atoms with Crippen molar-refractivity contribution in [1.29, 1.82) is 0 Å². The zero-order valence-corrected chi connectivity index (χ0v) is 12.3. The Balaban J connectivity index is 2.10. The van der Waals surface area contributed by atoms with E-state index in [4.69, 9.17) is 5.73 Å². The van der Waals surface area contributed by atoms with Crippen LogP contribution in [0, 0.1) is 11.3 Å². The average molecular weight is 239 g/mol. The van der Waals surface area contributed by atoms with Crippen molar-refractivity contribution >= 4 is 0 Å². The van der Waals surface area contributed by atoms with Gasteiger partial charge >= 0.3 is 0 Å². The Morgan fingerprint density at radius 1 is 1.06 bits per heavy atom. The summed E-state index contributed by atoms with van der Waals surface area (Å²) in [6.07, 6.45) is 13.6.